The van der Waals surface area contributed by atoms with E-state index in [0.29, 0.717) is 22.6 Å². The SMILES string of the molecule is CCC[CH2][Sn]([CH2]CCC)([CH2]CCC)[c]1nc(N(Cc2ccc(OC)cc2)Cc2ccc(OC)cc2)ccc1C(F)(F)F. The first-order chi connectivity index (χ1) is 20.2. The van der Waals surface area contributed by atoms with Gasteiger partial charge in [-0.3, -0.25) is 0 Å². The van der Waals surface area contributed by atoms with Gasteiger partial charge in [-0.1, -0.05) is 0 Å². The van der Waals surface area contributed by atoms with Crippen LogP contribution in [0.5, 0.6) is 11.5 Å². The molecule has 0 saturated heterocycles. The molecule has 3 aromatic rings. The van der Waals surface area contributed by atoms with Crippen molar-refractivity contribution in [1.29, 1.82) is 0 Å². The van der Waals surface area contributed by atoms with Crippen molar-refractivity contribution in [3.05, 3.63) is 77.4 Å². The van der Waals surface area contributed by atoms with Gasteiger partial charge in [0.2, 0.25) is 0 Å². The topological polar surface area (TPSA) is 34.6 Å². The number of unbranched alkanes of at least 4 members (excludes halogenated alkanes) is 3. The predicted octanol–water partition coefficient (Wildman–Crippen LogP) is 9.38. The molecule has 0 unspecified atom stereocenters. The first kappa shape index (κ1) is 34.1. The molecule has 0 radical (unpaired) electrons. The molecule has 0 bridgehead atoms. The standard InChI is InChI=1S/C22H20F3N2O2.3C4H9.Sn/c1-28-19-8-3-16(4-9-19)14-27(15-17-5-10-20(29-2)11-6-17)21-12-7-18(13-26-21)22(23,24)25;3*1-3-4-2;/h3-12H,14-15H2,1-2H3;3*1,3-4H2,2H3;. The number of rotatable bonds is 17. The molecule has 0 amide bonds. The van der Waals surface area contributed by atoms with Crippen LogP contribution in [0.15, 0.2) is 60.7 Å². The van der Waals surface area contributed by atoms with E-state index in [1.54, 1.807) is 20.3 Å². The minimum absolute atomic E-state index is 0.430. The van der Waals surface area contributed by atoms with E-state index in [1.165, 1.54) is 6.07 Å². The molecule has 0 fully saturated rings. The van der Waals surface area contributed by atoms with Gasteiger partial charge in [-0.15, -0.1) is 0 Å². The Morgan fingerprint density at radius 3 is 1.45 bits per heavy atom. The van der Waals surface area contributed by atoms with E-state index in [1.807, 2.05) is 48.5 Å². The molecule has 0 aliphatic carbocycles. The summed E-state index contributed by atoms with van der Waals surface area (Å²) in [4.78, 5) is 7.18. The number of benzene rings is 2. The summed E-state index contributed by atoms with van der Waals surface area (Å²) in [5.74, 6) is 2.13. The van der Waals surface area contributed by atoms with Crippen LogP contribution < -0.4 is 18.1 Å². The molecular weight excluding hydrogens is 644 g/mol. The van der Waals surface area contributed by atoms with Crippen LogP contribution in [0.4, 0.5) is 19.0 Å². The van der Waals surface area contributed by atoms with Crippen molar-refractivity contribution >= 4 is 27.9 Å². The molecule has 0 aliphatic rings. The number of halogens is 3. The van der Waals surface area contributed by atoms with Gasteiger partial charge in [0.15, 0.2) is 0 Å². The third kappa shape index (κ3) is 9.29. The van der Waals surface area contributed by atoms with Gasteiger partial charge in [0.1, 0.15) is 0 Å². The second-order valence-corrected chi connectivity index (χ2v) is 24.1. The number of methoxy groups -OCH3 is 2. The third-order valence-electron chi connectivity index (χ3n) is 8.10. The molecule has 230 valence electrons. The number of pyridine rings is 1. The van der Waals surface area contributed by atoms with Crippen LogP contribution in [-0.4, -0.2) is 37.6 Å². The molecule has 8 heteroatoms. The molecule has 1 heterocycles. The van der Waals surface area contributed by atoms with Crippen LogP contribution in [0.25, 0.3) is 0 Å². The van der Waals surface area contributed by atoms with E-state index in [9.17, 15) is 13.2 Å². The van der Waals surface area contributed by atoms with Crippen LogP contribution in [-0.2, 0) is 19.3 Å². The summed E-state index contributed by atoms with van der Waals surface area (Å²) in [5, 5.41) is 0. The van der Waals surface area contributed by atoms with Gasteiger partial charge in [-0.05, 0) is 0 Å². The first-order valence-electron chi connectivity index (χ1n) is 15.3. The second kappa shape index (κ2) is 16.4. The maximum absolute atomic E-state index is 14.7. The Morgan fingerprint density at radius 2 is 1.10 bits per heavy atom. The monoisotopic (exact) mass is 692 g/mol. The van der Waals surface area contributed by atoms with E-state index >= 15 is 0 Å². The first-order valence-corrected chi connectivity index (χ1v) is 22.8. The Balaban J connectivity index is 2.17. The summed E-state index contributed by atoms with van der Waals surface area (Å²) >= 11 is -3.56. The maximum atomic E-state index is 14.7. The van der Waals surface area contributed by atoms with Gasteiger partial charge in [-0.25, -0.2) is 0 Å². The molecule has 0 N–H and O–H groups in total. The Bertz CT molecular complexity index is 1150. The number of hydrogen-bond acceptors (Lipinski definition) is 4. The number of aromatic nitrogens is 1. The molecule has 0 saturated carbocycles. The summed E-state index contributed by atoms with van der Waals surface area (Å²) in [7, 11) is 3.26. The second-order valence-electron chi connectivity index (χ2n) is 11.2. The Hall–Kier alpha value is -2.42. The molecular formula is C34H47F3N2O2Sn. The third-order valence-corrected chi connectivity index (χ3v) is 23.3. The van der Waals surface area contributed by atoms with E-state index in [4.69, 9.17) is 14.5 Å². The fourth-order valence-electron chi connectivity index (χ4n) is 5.65. The quantitative estimate of drug-likeness (QED) is 0.132. The van der Waals surface area contributed by atoms with Gasteiger partial charge in [0.25, 0.3) is 0 Å². The van der Waals surface area contributed by atoms with Crippen molar-refractivity contribution in [2.75, 3.05) is 19.1 Å². The van der Waals surface area contributed by atoms with E-state index in [-0.39, 0.29) is 0 Å². The van der Waals surface area contributed by atoms with Crippen LogP contribution in [0.1, 0.15) is 76.0 Å². The Labute approximate surface area is 254 Å². The summed E-state index contributed by atoms with van der Waals surface area (Å²) in [5.41, 5.74) is 1.56. The zero-order valence-corrected chi connectivity index (χ0v) is 28.8. The van der Waals surface area contributed by atoms with Crippen LogP contribution >= 0.6 is 0 Å². The van der Waals surface area contributed by atoms with Gasteiger partial charge in [0, 0.05) is 0 Å². The number of nitrogens with zero attached hydrogens (tertiary/aromatic N) is 2. The van der Waals surface area contributed by atoms with Crippen molar-refractivity contribution in [2.45, 2.75) is 91.9 Å². The van der Waals surface area contributed by atoms with Crippen LogP contribution in [0.3, 0.4) is 0 Å². The molecule has 2 aromatic carbocycles. The molecule has 0 atom stereocenters. The van der Waals surface area contributed by atoms with Crippen molar-refractivity contribution in [3.8, 4) is 11.5 Å². The van der Waals surface area contributed by atoms with E-state index < -0.39 is 30.1 Å². The summed E-state index contributed by atoms with van der Waals surface area (Å²) < 4.78 is 57.9. The molecule has 1 aromatic heterocycles. The Kier molecular flexibility index (Phi) is 13.3. The summed E-state index contributed by atoms with van der Waals surface area (Å²) in [6, 6.07) is 18.5. The van der Waals surface area contributed by atoms with Crippen LogP contribution in [0.2, 0.25) is 13.3 Å². The van der Waals surface area contributed by atoms with E-state index in [0.717, 1.165) is 74.5 Å². The van der Waals surface area contributed by atoms with Gasteiger partial charge < -0.3 is 0 Å². The number of hydrogen-bond donors (Lipinski definition) is 0. The minimum atomic E-state index is -4.43. The molecule has 3 rings (SSSR count). The molecule has 0 aliphatic heterocycles. The number of anilines is 1. The average molecular weight is 691 g/mol. The normalized spacial score (nSPS) is 11.9. The fourth-order valence-corrected chi connectivity index (χ4v) is 21.9. The molecule has 0 spiro atoms. The van der Waals surface area contributed by atoms with E-state index in [2.05, 4.69) is 25.7 Å². The average Bonchev–Trinajstić information content (AvgIpc) is 3.00. The van der Waals surface area contributed by atoms with Crippen molar-refractivity contribution in [2.24, 2.45) is 0 Å². The van der Waals surface area contributed by atoms with Gasteiger partial charge in [-0.2, -0.15) is 0 Å². The van der Waals surface area contributed by atoms with Crippen LogP contribution in [0, 0.1) is 0 Å². The summed E-state index contributed by atoms with van der Waals surface area (Å²) in [6.45, 7) is 7.42. The summed E-state index contributed by atoms with van der Waals surface area (Å²) in [6.07, 6.45) is 1.43. The Morgan fingerprint density at radius 1 is 0.667 bits per heavy atom. The van der Waals surface area contributed by atoms with Gasteiger partial charge >= 0.3 is 255 Å². The zero-order chi connectivity index (χ0) is 30.6. The molecule has 4 nitrogen and oxygen atoms in total. The van der Waals surface area contributed by atoms with Crippen molar-refractivity contribution in [1.82, 2.24) is 4.98 Å². The van der Waals surface area contributed by atoms with Crippen molar-refractivity contribution in [3.63, 3.8) is 0 Å². The number of ether oxygens (including phenoxy) is 2. The number of alkyl halides is 3. The predicted molar refractivity (Wildman–Crippen MR) is 170 cm³/mol. The van der Waals surface area contributed by atoms with Gasteiger partial charge in [0.05, 0.1) is 0 Å². The van der Waals surface area contributed by atoms with Crippen molar-refractivity contribution < 1.29 is 22.6 Å². The zero-order valence-electron chi connectivity index (χ0n) is 25.9. The molecule has 42 heavy (non-hydrogen) atoms. The fraction of sp³-hybridized carbons (Fsp3) is 0.500.